The van der Waals surface area contributed by atoms with Crippen LogP contribution in [0.5, 0.6) is 0 Å². The Kier molecular flexibility index (Phi) is 5.71. The molecule has 1 heterocycles. The predicted molar refractivity (Wildman–Crippen MR) is 78.8 cm³/mol. The average molecular weight is 250 g/mol. The zero-order chi connectivity index (χ0) is 12.8. The van der Waals surface area contributed by atoms with E-state index in [4.69, 9.17) is 0 Å². The molecule has 0 spiro atoms. The second-order valence-corrected chi connectivity index (χ2v) is 6.11. The molecule has 2 aliphatic rings. The molecule has 1 aliphatic carbocycles. The van der Waals surface area contributed by atoms with Gasteiger partial charge in [-0.25, -0.2) is 0 Å². The molecule has 2 nitrogen and oxygen atoms in total. The Hall–Kier alpha value is -0.340. The van der Waals surface area contributed by atoms with Crippen molar-refractivity contribution in [1.29, 1.82) is 0 Å². The molecule has 1 saturated heterocycles. The number of allylic oxidation sites excluding steroid dienone is 1. The number of hydrogen-bond acceptors (Lipinski definition) is 2. The second-order valence-electron chi connectivity index (χ2n) is 6.11. The molecule has 0 radical (unpaired) electrons. The summed E-state index contributed by atoms with van der Waals surface area (Å²) < 4.78 is 0. The second kappa shape index (κ2) is 7.30. The van der Waals surface area contributed by atoms with Gasteiger partial charge in [0.2, 0.25) is 0 Å². The van der Waals surface area contributed by atoms with Gasteiger partial charge in [-0.05, 0) is 39.0 Å². The third-order valence-corrected chi connectivity index (χ3v) is 4.77. The number of nitrogens with one attached hydrogen (secondary N) is 1. The number of rotatable bonds is 4. The first-order valence-electron chi connectivity index (χ1n) is 7.90. The summed E-state index contributed by atoms with van der Waals surface area (Å²) in [5.41, 5.74) is 0. The lowest BCUT2D eigenvalue weighted by molar-refractivity contribution is 0.106. The van der Waals surface area contributed by atoms with E-state index in [0.717, 1.165) is 12.0 Å². The smallest absolute Gasteiger partial charge is 0.0224 e. The van der Waals surface area contributed by atoms with Crippen molar-refractivity contribution in [3.8, 4) is 0 Å². The van der Waals surface area contributed by atoms with Crippen molar-refractivity contribution in [2.75, 3.05) is 19.6 Å². The molecule has 2 atom stereocenters. The van der Waals surface area contributed by atoms with Gasteiger partial charge in [0.05, 0.1) is 0 Å². The van der Waals surface area contributed by atoms with Gasteiger partial charge in [0.1, 0.15) is 0 Å². The molecular weight excluding hydrogens is 220 g/mol. The van der Waals surface area contributed by atoms with Crippen molar-refractivity contribution in [2.45, 2.75) is 64.5 Å². The summed E-state index contributed by atoms with van der Waals surface area (Å²) in [6, 6.07) is 1.46. The van der Waals surface area contributed by atoms with Crippen LogP contribution in [0, 0.1) is 5.92 Å². The molecule has 2 rings (SSSR count). The minimum atomic E-state index is 0.704. The van der Waals surface area contributed by atoms with Crippen molar-refractivity contribution in [1.82, 2.24) is 10.2 Å². The van der Waals surface area contributed by atoms with Crippen LogP contribution >= 0.6 is 0 Å². The fourth-order valence-electron chi connectivity index (χ4n) is 3.52. The predicted octanol–water partition coefficient (Wildman–Crippen LogP) is 3.20. The lowest BCUT2D eigenvalue weighted by Gasteiger charge is -2.42. The highest BCUT2D eigenvalue weighted by Crippen LogP contribution is 2.28. The highest BCUT2D eigenvalue weighted by molar-refractivity contribution is 4.90. The van der Waals surface area contributed by atoms with Gasteiger partial charge in [0.15, 0.2) is 0 Å². The molecule has 18 heavy (non-hydrogen) atoms. The molecule has 0 aromatic rings. The van der Waals surface area contributed by atoms with Crippen molar-refractivity contribution in [2.24, 2.45) is 5.92 Å². The molecule has 2 unspecified atom stereocenters. The number of hydrogen-bond donors (Lipinski definition) is 1. The molecule has 2 heteroatoms. The van der Waals surface area contributed by atoms with E-state index in [1.165, 1.54) is 58.2 Å². The Bertz CT molecular complexity index is 256. The highest BCUT2D eigenvalue weighted by Gasteiger charge is 2.30. The average Bonchev–Trinajstić information content (AvgIpc) is 2.42. The van der Waals surface area contributed by atoms with Crippen molar-refractivity contribution in [3.63, 3.8) is 0 Å². The topological polar surface area (TPSA) is 15.3 Å². The van der Waals surface area contributed by atoms with Crippen LogP contribution < -0.4 is 5.32 Å². The summed E-state index contributed by atoms with van der Waals surface area (Å²) in [5.74, 6) is 0.940. The molecule has 1 aliphatic heterocycles. The lowest BCUT2D eigenvalue weighted by atomic mass is 9.82. The maximum absolute atomic E-state index is 3.80. The first-order chi connectivity index (χ1) is 8.81. The lowest BCUT2D eigenvalue weighted by Crippen LogP contribution is -2.58. The summed E-state index contributed by atoms with van der Waals surface area (Å²) in [6.07, 6.45) is 13.0. The standard InChI is InChI=1S/C16H30N2/c1-3-4-8-11-18-13-16(17-12-14(18)2)15-9-6-5-7-10-15/h3-4,14-17H,5-13H2,1-2H3/b4-3+. The monoisotopic (exact) mass is 250 g/mol. The van der Waals surface area contributed by atoms with E-state index < -0.39 is 0 Å². The zero-order valence-electron chi connectivity index (χ0n) is 12.2. The van der Waals surface area contributed by atoms with Gasteiger partial charge in [-0.3, -0.25) is 4.90 Å². The van der Waals surface area contributed by atoms with E-state index >= 15 is 0 Å². The van der Waals surface area contributed by atoms with E-state index in [2.05, 4.69) is 36.2 Å². The first kappa shape index (κ1) is 14.1. The van der Waals surface area contributed by atoms with Crippen LogP contribution in [0.4, 0.5) is 0 Å². The Morgan fingerprint density at radius 3 is 2.72 bits per heavy atom. The molecule has 1 saturated carbocycles. The summed E-state index contributed by atoms with van der Waals surface area (Å²) in [4.78, 5) is 2.69. The molecule has 0 aromatic carbocycles. The molecule has 0 amide bonds. The van der Waals surface area contributed by atoms with E-state index in [9.17, 15) is 0 Å². The normalized spacial score (nSPS) is 32.1. The van der Waals surface area contributed by atoms with Crippen LogP contribution in [0.15, 0.2) is 12.2 Å². The van der Waals surface area contributed by atoms with E-state index in [1.54, 1.807) is 0 Å². The maximum Gasteiger partial charge on any atom is 0.0224 e. The van der Waals surface area contributed by atoms with Gasteiger partial charge in [0.25, 0.3) is 0 Å². The number of nitrogens with zero attached hydrogens (tertiary/aromatic N) is 1. The van der Waals surface area contributed by atoms with Gasteiger partial charge in [-0.15, -0.1) is 0 Å². The molecule has 0 bridgehead atoms. The third kappa shape index (κ3) is 3.83. The van der Waals surface area contributed by atoms with Crippen LogP contribution in [0.2, 0.25) is 0 Å². The van der Waals surface area contributed by atoms with Crippen molar-refractivity contribution >= 4 is 0 Å². The Morgan fingerprint density at radius 1 is 1.22 bits per heavy atom. The third-order valence-electron chi connectivity index (χ3n) is 4.77. The van der Waals surface area contributed by atoms with E-state index in [1.807, 2.05) is 0 Å². The van der Waals surface area contributed by atoms with Gasteiger partial charge in [-0.1, -0.05) is 31.4 Å². The fraction of sp³-hybridized carbons (Fsp3) is 0.875. The van der Waals surface area contributed by atoms with Gasteiger partial charge < -0.3 is 5.32 Å². The largest absolute Gasteiger partial charge is 0.311 e. The van der Waals surface area contributed by atoms with E-state index in [-0.39, 0.29) is 0 Å². The molecular formula is C16H30N2. The van der Waals surface area contributed by atoms with Crippen LogP contribution in [0.1, 0.15) is 52.4 Å². The maximum atomic E-state index is 3.80. The van der Waals surface area contributed by atoms with Crippen LogP contribution in [0.25, 0.3) is 0 Å². The summed E-state index contributed by atoms with van der Waals surface area (Å²) in [6.45, 7) is 8.16. The number of piperazine rings is 1. The van der Waals surface area contributed by atoms with Crippen molar-refractivity contribution < 1.29 is 0 Å². The Labute approximate surface area is 113 Å². The minimum absolute atomic E-state index is 0.704. The fourth-order valence-corrected chi connectivity index (χ4v) is 3.52. The van der Waals surface area contributed by atoms with Crippen LogP contribution in [-0.4, -0.2) is 36.6 Å². The summed E-state index contributed by atoms with van der Waals surface area (Å²) >= 11 is 0. The van der Waals surface area contributed by atoms with Gasteiger partial charge in [0, 0.05) is 31.7 Å². The molecule has 104 valence electrons. The summed E-state index contributed by atoms with van der Waals surface area (Å²) in [7, 11) is 0. The minimum Gasteiger partial charge on any atom is -0.311 e. The molecule has 0 aromatic heterocycles. The summed E-state index contributed by atoms with van der Waals surface area (Å²) in [5, 5.41) is 3.80. The van der Waals surface area contributed by atoms with Gasteiger partial charge >= 0.3 is 0 Å². The zero-order valence-corrected chi connectivity index (χ0v) is 12.2. The first-order valence-corrected chi connectivity index (χ1v) is 7.90. The SMILES string of the molecule is C/C=C/CCN1CC(C2CCCCC2)NCC1C. The molecule has 2 fully saturated rings. The molecule has 1 N–H and O–H groups in total. The van der Waals surface area contributed by atoms with Crippen molar-refractivity contribution in [3.05, 3.63) is 12.2 Å². The Balaban J connectivity index is 1.82. The quantitative estimate of drug-likeness (QED) is 0.771. The van der Waals surface area contributed by atoms with E-state index in [0.29, 0.717) is 6.04 Å². The highest BCUT2D eigenvalue weighted by atomic mass is 15.2. The Morgan fingerprint density at radius 2 is 2.00 bits per heavy atom. The van der Waals surface area contributed by atoms with Crippen LogP contribution in [0.3, 0.4) is 0 Å². The van der Waals surface area contributed by atoms with Crippen LogP contribution in [-0.2, 0) is 0 Å². The van der Waals surface area contributed by atoms with Gasteiger partial charge in [-0.2, -0.15) is 0 Å².